The van der Waals surface area contributed by atoms with Gasteiger partial charge in [-0.1, -0.05) is 12.1 Å². The summed E-state index contributed by atoms with van der Waals surface area (Å²) < 4.78 is 11.2. The molecule has 1 saturated heterocycles. The van der Waals surface area contributed by atoms with Gasteiger partial charge in [0.1, 0.15) is 18.5 Å². The quantitative estimate of drug-likeness (QED) is 0.811. The highest BCUT2D eigenvalue weighted by molar-refractivity contribution is 5.80. The van der Waals surface area contributed by atoms with E-state index in [1.54, 1.807) is 25.4 Å². The van der Waals surface area contributed by atoms with Gasteiger partial charge in [-0.25, -0.2) is 4.98 Å². The van der Waals surface area contributed by atoms with Crippen molar-refractivity contribution in [1.29, 1.82) is 5.26 Å². The summed E-state index contributed by atoms with van der Waals surface area (Å²) in [4.78, 5) is 21.3. The Kier molecular flexibility index (Phi) is 5.02. The molecule has 4 rings (SSSR count). The number of methoxy groups -OCH3 is 1. The minimum Gasteiger partial charge on any atom is -0.493 e. The molecule has 144 valence electrons. The van der Waals surface area contributed by atoms with E-state index in [1.165, 1.54) is 0 Å². The van der Waals surface area contributed by atoms with Gasteiger partial charge >= 0.3 is 0 Å². The summed E-state index contributed by atoms with van der Waals surface area (Å²) in [6.07, 6.45) is 2.35. The van der Waals surface area contributed by atoms with E-state index >= 15 is 0 Å². The zero-order valence-corrected chi connectivity index (χ0v) is 15.8. The maximum absolute atomic E-state index is 13.0. The molecule has 28 heavy (non-hydrogen) atoms. The van der Waals surface area contributed by atoms with Crippen LogP contribution in [0, 0.1) is 17.2 Å². The van der Waals surface area contributed by atoms with E-state index in [-0.39, 0.29) is 11.8 Å². The van der Waals surface area contributed by atoms with Crippen molar-refractivity contribution in [3.8, 4) is 17.6 Å². The molecular weight excluding hydrogens is 356 g/mol. The standard InChI is InChI=1S/C21H22N4O3/c1-27-18-6-2-4-15-12-17(14-28-19(15)18)21(26)25-10-8-24(9-11-25)20-16(13-22)5-3-7-23-20/h2-7,17H,8-12,14H2,1H3/t17-/m0/s1. The van der Waals surface area contributed by atoms with E-state index in [2.05, 4.69) is 16.0 Å². The van der Waals surface area contributed by atoms with Crippen molar-refractivity contribution >= 4 is 11.7 Å². The second kappa shape index (κ2) is 7.77. The first-order valence-corrected chi connectivity index (χ1v) is 9.38. The van der Waals surface area contributed by atoms with Crippen LogP contribution in [-0.4, -0.2) is 55.7 Å². The molecule has 3 heterocycles. The van der Waals surface area contributed by atoms with Crippen molar-refractivity contribution in [3.05, 3.63) is 47.7 Å². The van der Waals surface area contributed by atoms with Crippen molar-refractivity contribution < 1.29 is 14.3 Å². The molecule has 0 N–H and O–H groups in total. The molecule has 2 aliphatic rings. The summed E-state index contributed by atoms with van der Waals surface area (Å²) in [5, 5.41) is 9.27. The molecule has 0 unspecified atom stereocenters. The predicted molar refractivity (Wildman–Crippen MR) is 103 cm³/mol. The zero-order chi connectivity index (χ0) is 19.5. The molecular formula is C21H22N4O3. The van der Waals surface area contributed by atoms with Crippen LogP contribution in [0.3, 0.4) is 0 Å². The van der Waals surface area contributed by atoms with Crippen LogP contribution in [0.4, 0.5) is 5.82 Å². The van der Waals surface area contributed by atoms with E-state index in [0.717, 1.165) is 11.3 Å². The van der Waals surface area contributed by atoms with E-state index in [0.29, 0.717) is 56.3 Å². The lowest BCUT2D eigenvalue weighted by Crippen LogP contribution is -2.52. The van der Waals surface area contributed by atoms with Gasteiger partial charge in [0.05, 0.1) is 18.6 Å². The lowest BCUT2D eigenvalue weighted by molar-refractivity contribution is -0.137. The first-order valence-electron chi connectivity index (χ1n) is 9.38. The third kappa shape index (κ3) is 3.33. The van der Waals surface area contributed by atoms with Crippen LogP contribution < -0.4 is 14.4 Å². The molecule has 1 aromatic carbocycles. The van der Waals surface area contributed by atoms with Gasteiger partial charge in [0, 0.05) is 32.4 Å². The molecule has 0 saturated carbocycles. The number of piperazine rings is 1. The fourth-order valence-electron chi connectivity index (χ4n) is 3.85. The number of carbonyl (C=O) groups excluding carboxylic acids is 1. The number of fused-ring (bicyclic) bond motifs is 1. The highest BCUT2D eigenvalue weighted by Gasteiger charge is 2.32. The van der Waals surface area contributed by atoms with Crippen LogP contribution in [-0.2, 0) is 11.2 Å². The number of benzene rings is 1. The average Bonchev–Trinajstić information content (AvgIpc) is 2.77. The fraction of sp³-hybridized carbons (Fsp3) is 0.381. The van der Waals surface area contributed by atoms with Crippen molar-refractivity contribution in [2.75, 3.05) is 44.8 Å². The second-order valence-electron chi connectivity index (χ2n) is 6.96. The molecule has 7 nitrogen and oxygen atoms in total. The Morgan fingerprint density at radius 3 is 2.82 bits per heavy atom. The normalized spacial score (nSPS) is 18.6. The van der Waals surface area contributed by atoms with Gasteiger partial charge in [0.25, 0.3) is 0 Å². The van der Waals surface area contributed by atoms with Gasteiger partial charge in [-0.2, -0.15) is 5.26 Å². The summed E-state index contributed by atoms with van der Waals surface area (Å²) in [6, 6.07) is 11.5. The third-order valence-electron chi connectivity index (χ3n) is 5.32. The molecule has 1 amide bonds. The van der Waals surface area contributed by atoms with Gasteiger partial charge < -0.3 is 19.3 Å². The number of anilines is 1. The number of hydrogen-bond donors (Lipinski definition) is 0. The summed E-state index contributed by atoms with van der Waals surface area (Å²) >= 11 is 0. The van der Waals surface area contributed by atoms with E-state index in [9.17, 15) is 10.1 Å². The number of aromatic nitrogens is 1. The van der Waals surface area contributed by atoms with E-state index < -0.39 is 0 Å². The summed E-state index contributed by atoms with van der Waals surface area (Å²) in [5.74, 6) is 2.09. The minimum atomic E-state index is -0.185. The molecule has 7 heteroatoms. The molecule has 0 aliphatic carbocycles. The molecule has 1 atom stereocenters. The summed E-state index contributed by atoms with van der Waals surface area (Å²) in [5.41, 5.74) is 1.57. The van der Waals surface area contributed by atoms with Gasteiger partial charge in [-0.3, -0.25) is 4.79 Å². The lowest BCUT2D eigenvalue weighted by atomic mass is 9.95. The van der Waals surface area contributed by atoms with E-state index in [4.69, 9.17) is 9.47 Å². The summed E-state index contributed by atoms with van der Waals surface area (Å²) in [7, 11) is 1.62. The Morgan fingerprint density at radius 2 is 2.07 bits per heavy atom. The Labute approximate surface area is 164 Å². The Bertz CT molecular complexity index is 916. The second-order valence-corrected chi connectivity index (χ2v) is 6.96. The number of para-hydroxylation sites is 1. The SMILES string of the molecule is COc1cccc2c1OC[C@@H](C(=O)N1CCN(c3ncccc3C#N)CC1)C2. The van der Waals surface area contributed by atoms with Crippen LogP contribution in [0.5, 0.6) is 11.5 Å². The number of nitrogens with zero attached hydrogens (tertiary/aromatic N) is 4. The summed E-state index contributed by atoms with van der Waals surface area (Å²) in [6.45, 7) is 2.92. The molecule has 2 aromatic rings. The first kappa shape index (κ1) is 18.1. The number of rotatable bonds is 3. The first-order chi connectivity index (χ1) is 13.7. The van der Waals surface area contributed by atoms with Crippen molar-refractivity contribution in [2.24, 2.45) is 5.92 Å². The van der Waals surface area contributed by atoms with Gasteiger partial charge in [0.2, 0.25) is 5.91 Å². The van der Waals surface area contributed by atoms with Crippen molar-refractivity contribution in [2.45, 2.75) is 6.42 Å². The van der Waals surface area contributed by atoms with Gasteiger partial charge in [-0.05, 0) is 30.2 Å². The monoisotopic (exact) mass is 378 g/mol. The lowest BCUT2D eigenvalue weighted by Gasteiger charge is -2.38. The molecule has 0 radical (unpaired) electrons. The Morgan fingerprint density at radius 1 is 1.25 bits per heavy atom. The van der Waals surface area contributed by atoms with Gasteiger partial charge in [-0.15, -0.1) is 0 Å². The molecule has 2 aliphatic heterocycles. The average molecular weight is 378 g/mol. The largest absolute Gasteiger partial charge is 0.493 e. The number of hydrogen-bond acceptors (Lipinski definition) is 6. The maximum Gasteiger partial charge on any atom is 0.229 e. The molecule has 1 aromatic heterocycles. The Balaban J connectivity index is 1.40. The minimum absolute atomic E-state index is 0.120. The van der Waals surface area contributed by atoms with Crippen LogP contribution in [0.25, 0.3) is 0 Å². The van der Waals surface area contributed by atoms with Crippen LogP contribution in [0.15, 0.2) is 36.5 Å². The number of ether oxygens (including phenoxy) is 2. The fourth-order valence-corrected chi connectivity index (χ4v) is 3.85. The van der Waals surface area contributed by atoms with Gasteiger partial charge in [0.15, 0.2) is 11.5 Å². The molecule has 1 fully saturated rings. The number of nitriles is 1. The van der Waals surface area contributed by atoms with E-state index in [1.807, 2.05) is 23.1 Å². The third-order valence-corrected chi connectivity index (χ3v) is 5.32. The van der Waals surface area contributed by atoms with Crippen LogP contribution in [0.1, 0.15) is 11.1 Å². The molecule has 0 spiro atoms. The van der Waals surface area contributed by atoms with Crippen molar-refractivity contribution in [1.82, 2.24) is 9.88 Å². The number of amides is 1. The smallest absolute Gasteiger partial charge is 0.229 e. The zero-order valence-electron chi connectivity index (χ0n) is 15.8. The number of carbonyl (C=O) groups is 1. The topological polar surface area (TPSA) is 78.7 Å². The Hall–Kier alpha value is -3.27. The van der Waals surface area contributed by atoms with Crippen LogP contribution in [0.2, 0.25) is 0 Å². The predicted octanol–water partition coefficient (Wildman–Crippen LogP) is 1.86. The molecule has 0 bridgehead atoms. The van der Waals surface area contributed by atoms with Crippen LogP contribution >= 0.6 is 0 Å². The highest BCUT2D eigenvalue weighted by Crippen LogP contribution is 2.36. The van der Waals surface area contributed by atoms with Crippen molar-refractivity contribution in [3.63, 3.8) is 0 Å². The highest BCUT2D eigenvalue weighted by atomic mass is 16.5. The number of pyridine rings is 1. The maximum atomic E-state index is 13.0.